The average molecular weight is 750 g/mol. The molecule has 10 heteroatoms. The predicted octanol–water partition coefficient (Wildman–Crippen LogP) is 4.48. The quantitative estimate of drug-likeness (QED) is 0.255. The first-order chi connectivity index (χ1) is 13.1. The first-order valence-corrected chi connectivity index (χ1v) is 15.7. The number of nitrogen functional groups attached to an aromatic ring is 1. The number of carbonyl (C=O) groups is 1. The first-order valence-electron chi connectivity index (χ1n) is 9.00. The highest BCUT2D eigenvalue weighted by molar-refractivity contribution is 15.0. The van der Waals surface area contributed by atoms with Crippen molar-refractivity contribution in [3.8, 4) is 5.75 Å². The highest BCUT2D eigenvalue weighted by Crippen LogP contribution is 2.38. The summed E-state index contributed by atoms with van der Waals surface area (Å²) in [6.07, 6.45) is 3.64. The van der Waals surface area contributed by atoms with Crippen molar-refractivity contribution < 1.29 is 14.3 Å². The van der Waals surface area contributed by atoms with Crippen molar-refractivity contribution in [2.24, 2.45) is 0 Å². The molecule has 0 aromatic heterocycles. The Morgan fingerprint density at radius 1 is 1.43 bits per heavy atom. The zero-order chi connectivity index (χ0) is 19.8. The third kappa shape index (κ3) is 7.13. The SMILES string of the molecule is COCCCN1CCC(NC(=O)c2cc(Cl)c(N)c3c2OCC3)CC1.I.II. The molecule has 0 saturated carbocycles. The molecule has 1 saturated heterocycles. The molecule has 1 fully saturated rings. The van der Waals surface area contributed by atoms with Crippen LogP contribution < -0.4 is 15.8 Å². The summed E-state index contributed by atoms with van der Waals surface area (Å²) in [4.78, 5) is 15.1. The number of halogens is 4. The van der Waals surface area contributed by atoms with Crippen LogP contribution in [0.2, 0.25) is 5.02 Å². The Kier molecular flexibility index (Phi) is 13.3. The van der Waals surface area contributed by atoms with Crippen molar-refractivity contribution in [3.63, 3.8) is 0 Å². The van der Waals surface area contributed by atoms with Crippen molar-refractivity contribution in [2.45, 2.75) is 31.7 Å². The zero-order valence-electron chi connectivity index (χ0n) is 15.8. The number of nitrogens with one attached hydrogen (secondary N) is 1. The van der Waals surface area contributed by atoms with Gasteiger partial charge in [0.15, 0.2) is 0 Å². The molecule has 3 N–H and O–H groups in total. The minimum atomic E-state index is -0.127. The van der Waals surface area contributed by atoms with E-state index in [2.05, 4.69) is 47.4 Å². The molecule has 0 spiro atoms. The number of nitrogens with zero attached hydrogens (tertiary/aromatic N) is 1. The summed E-state index contributed by atoms with van der Waals surface area (Å²) in [5.74, 6) is 0.467. The van der Waals surface area contributed by atoms with E-state index in [0.29, 0.717) is 35.1 Å². The van der Waals surface area contributed by atoms with Gasteiger partial charge in [-0.25, -0.2) is 0 Å². The highest BCUT2D eigenvalue weighted by atomic mass is 128. The summed E-state index contributed by atoms with van der Waals surface area (Å²) < 4.78 is 10.7. The summed E-state index contributed by atoms with van der Waals surface area (Å²) in [6, 6.07) is 1.80. The number of anilines is 1. The number of amides is 1. The molecule has 0 unspecified atom stereocenters. The van der Waals surface area contributed by atoms with Crippen molar-refractivity contribution in [2.75, 3.05) is 45.7 Å². The fraction of sp³-hybridized carbons (Fsp3) is 0.611. The van der Waals surface area contributed by atoms with Crippen LogP contribution in [0, 0.1) is 0 Å². The number of likely N-dealkylation sites (tertiary alicyclic amines) is 1. The Morgan fingerprint density at radius 3 is 2.75 bits per heavy atom. The second-order valence-electron chi connectivity index (χ2n) is 6.66. The number of nitrogens with two attached hydrogens (primary N) is 1. The Labute approximate surface area is 212 Å². The zero-order valence-corrected chi connectivity index (χ0v) is 23.2. The molecule has 2 aliphatic heterocycles. The summed E-state index contributed by atoms with van der Waals surface area (Å²) >= 11 is 10.4. The lowest BCUT2D eigenvalue weighted by Crippen LogP contribution is -2.45. The van der Waals surface area contributed by atoms with Gasteiger partial charge in [0.25, 0.3) is 5.91 Å². The fourth-order valence-corrected chi connectivity index (χ4v) is 3.76. The lowest BCUT2D eigenvalue weighted by Gasteiger charge is -2.32. The van der Waals surface area contributed by atoms with E-state index in [1.54, 1.807) is 13.2 Å². The van der Waals surface area contributed by atoms with Crippen LogP contribution in [0.5, 0.6) is 5.75 Å². The highest BCUT2D eigenvalue weighted by Gasteiger charge is 2.27. The molecular weight excluding hydrogens is 722 g/mol. The van der Waals surface area contributed by atoms with Crippen molar-refractivity contribution in [1.29, 1.82) is 0 Å². The van der Waals surface area contributed by atoms with Gasteiger partial charge >= 0.3 is 0 Å². The van der Waals surface area contributed by atoms with Crippen LogP contribution in [0.25, 0.3) is 0 Å². The first kappa shape index (κ1) is 26.7. The van der Waals surface area contributed by atoms with Crippen LogP contribution in [0.4, 0.5) is 5.69 Å². The van der Waals surface area contributed by atoms with E-state index >= 15 is 0 Å². The van der Waals surface area contributed by atoms with Gasteiger partial charge in [0.2, 0.25) is 0 Å². The van der Waals surface area contributed by atoms with Crippen LogP contribution in [0.15, 0.2) is 6.07 Å². The van der Waals surface area contributed by atoms with Gasteiger partial charge in [-0.2, -0.15) is 0 Å². The second-order valence-corrected chi connectivity index (χ2v) is 7.07. The number of benzene rings is 1. The maximum atomic E-state index is 12.7. The smallest absolute Gasteiger partial charge is 0.255 e. The van der Waals surface area contributed by atoms with E-state index in [4.69, 9.17) is 26.8 Å². The number of methoxy groups -OCH3 is 1. The molecule has 6 nitrogen and oxygen atoms in total. The molecule has 1 amide bonds. The number of rotatable bonds is 6. The molecule has 0 bridgehead atoms. The molecular formula is C18H27ClI3N3O3. The molecule has 2 heterocycles. The maximum Gasteiger partial charge on any atom is 0.255 e. The Morgan fingerprint density at radius 2 is 2.11 bits per heavy atom. The average Bonchev–Trinajstić information content (AvgIpc) is 3.18. The standard InChI is InChI=1S/C18H26ClN3O3.I2.HI/c1-24-9-2-6-22-7-3-12(4-8-22)21-18(23)14-11-15(19)16(20)13-5-10-25-17(13)14;1-2;/h11-12H,2-10,20H2,1H3,(H,21,23);;1H. The van der Waals surface area contributed by atoms with Gasteiger partial charge < -0.3 is 25.4 Å². The van der Waals surface area contributed by atoms with E-state index in [1.165, 1.54) is 0 Å². The summed E-state index contributed by atoms with van der Waals surface area (Å²) in [5.41, 5.74) is 7.86. The Bertz CT molecular complexity index is 644. The van der Waals surface area contributed by atoms with Crippen LogP contribution in [0.1, 0.15) is 35.2 Å². The number of fused-ring (bicyclic) bond motifs is 1. The lowest BCUT2D eigenvalue weighted by atomic mass is 10.0. The summed E-state index contributed by atoms with van der Waals surface area (Å²) in [5, 5.41) is 3.55. The van der Waals surface area contributed by atoms with Gasteiger partial charge in [0.05, 0.1) is 22.9 Å². The third-order valence-corrected chi connectivity index (χ3v) is 5.27. The van der Waals surface area contributed by atoms with E-state index in [-0.39, 0.29) is 35.9 Å². The molecule has 2 aliphatic rings. The molecule has 3 rings (SSSR count). The molecule has 160 valence electrons. The van der Waals surface area contributed by atoms with Gasteiger partial charge in [-0.3, -0.25) is 4.79 Å². The van der Waals surface area contributed by atoms with Crippen molar-refractivity contribution >= 4 is 84.4 Å². The summed E-state index contributed by atoms with van der Waals surface area (Å²) in [6.45, 7) is 4.36. The topological polar surface area (TPSA) is 76.8 Å². The van der Waals surface area contributed by atoms with Gasteiger partial charge in [0.1, 0.15) is 5.75 Å². The molecule has 0 radical (unpaired) electrons. The Balaban J connectivity index is 0.00000127. The number of carbonyl (C=O) groups excluding carboxylic acids is 1. The van der Waals surface area contributed by atoms with Crippen LogP contribution in [-0.4, -0.2) is 56.8 Å². The van der Waals surface area contributed by atoms with E-state index in [1.807, 2.05) is 0 Å². The molecule has 1 aromatic carbocycles. The van der Waals surface area contributed by atoms with Crippen molar-refractivity contribution in [3.05, 3.63) is 22.2 Å². The number of ether oxygens (including phenoxy) is 2. The molecule has 1 aromatic rings. The summed E-state index contributed by atoms with van der Waals surface area (Å²) in [7, 11) is 1.73. The van der Waals surface area contributed by atoms with Gasteiger partial charge in [-0.15, -0.1) is 24.0 Å². The molecule has 0 aliphatic carbocycles. The van der Waals surface area contributed by atoms with Crippen LogP contribution in [0.3, 0.4) is 0 Å². The minimum Gasteiger partial charge on any atom is -0.492 e. The number of hydrogen-bond donors (Lipinski definition) is 2. The largest absolute Gasteiger partial charge is 0.492 e. The molecule has 0 atom stereocenters. The molecule has 28 heavy (non-hydrogen) atoms. The lowest BCUT2D eigenvalue weighted by molar-refractivity contribution is 0.0904. The van der Waals surface area contributed by atoms with E-state index in [9.17, 15) is 4.79 Å². The van der Waals surface area contributed by atoms with E-state index < -0.39 is 0 Å². The van der Waals surface area contributed by atoms with Gasteiger partial charge in [0, 0.05) is 88.6 Å². The Hall–Kier alpha value is 0.690. The van der Waals surface area contributed by atoms with Crippen LogP contribution >= 0.6 is 72.8 Å². The van der Waals surface area contributed by atoms with Crippen molar-refractivity contribution in [1.82, 2.24) is 10.2 Å². The van der Waals surface area contributed by atoms with E-state index in [0.717, 1.165) is 51.1 Å². The number of hydrogen-bond acceptors (Lipinski definition) is 5. The normalized spacial score (nSPS) is 16.3. The second kappa shape index (κ2) is 13.9. The minimum absolute atomic E-state index is 0. The monoisotopic (exact) mass is 749 g/mol. The van der Waals surface area contributed by atoms with Gasteiger partial charge in [-0.1, -0.05) is 11.6 Å². The van der Waals surface area contributed by atoms with Gasteiger partial charge in [-0.05, 0) is 25.3 Å². The third-order valence-electron chi connectivity index (χ3n) is 4.96. The fourth-order valence-electron chi connectivity index (χ4n) is 3.53. The predicted molar refractivity (Wildman–Crippen MR) is 142 cm³/mol. The maximum absolute atomic E-state index is 12.7. The number of piperidine rings is 1. The van der Waals surface area contributed by atoms with Crippen LogP contribution in [-0.2, 0) is 11.2 Å².